The first-order chi connectivity index (χ1) is 10.4. The van der Waals surface area contributed by atoms with E-state index in [2.05, 4.69) is 23.2 Å². The molecule has 3 rings (SSSR count). The predicted octanol–water partition coefficient (Wildman–Crippen LogP) is 3.92. The number of aromatic nitrogens is 1. The third-order valence-corrected chi connectivity index (χ3v) is 4.75. The Labute approximate surface area is 129 Å². The van der Waals surface area contributed by atoms with E-state index in [-0.39, 0.29) is 6.04 Å². The summed E-state index contributed by atoms with van der Waals surface area (Å²) in [4.78, 5) is 18.8. The molecule has 1 aromatic heterocycles. The van der Waals surface area contributed by atoms with E-state index in [0.29, 0.717) is 0 Å². The smallest absolute Gasteiger partial charge is 0.210 e. The van der Waals surface area contributed by atoms with Gasteiger partial charge in [0, 0.05) is 17.6 Å². The van der Waals surface area contributed by atoms with Gasteiger partial charge in [0.05, 0.1) is 6.04 Å². The first kappa shape index (κ1) is 14.1. The van der Waals surface area contributed by atoms with Crippen molar-refractivity contribution in [2.45, 2.75) is 35.2 Å². The molecular weight excluding hydrogens is 280 g/mol. The summed E-state index contributed by atoms with van der Waals surface area (Å²) in [6.45, 7) is 0.856. The Kier molecular flexibility index (Phi) is 4.55. The van der Waals surface area contributed by atoms with Gasteiger partial charge in [-0.3, -0.25) is 4.79 Å². The average molecular weight is 298 g/mol. The molecule has 1 aliphatic heterocycles. The van der Waals surface area contributed by atoms with E-state index in [1.165, 1.54) is 11.3 Å². The van der Waals surface area contributed by atoms with Crippen LogP contribution in [0.4, 0.5) is 0 Å². The van der Waals surface area contributed by atoms with E-state index in [1.54, 1.807) is 11.8 Å². The van der Waals surface area contributed by atoms with Crippen LogP contribution in [-0.4, -0.2) is 22.8 Å². The maximum Gasteiger partial charge on any atom is 0.210 e. The SMILES string of the molecule is O=CN1CCCCC1c1ccc(Sc2ccccc2)nc1. The molecule has 0 radical (unpaired) electrons. The van der Waals surface area contributed by atoms with Crippen molar-refractivity contribution in [2.24, 2.45) is 0 Å². The van der Waals surface area contributed by atoms with Gasteiger partial charge in [0.15, 0.2) is 0 Å². The number of carbonyl (C=O) groups excluding carboxylic acids is 1. The van der Waals surface area contributed by atoms with E-state index in [4.69, 9.17) is 0 Å². The van der Waals surface area contributed by atoms with Crippen molar-refractivity contribution in [1.29, 1.82) is 0 Å². The van der Waals surface area contributed by atoms with Crippen molar-refractivity contribution in [2.75, 3.05) is 6.54 Å². The van der Waals surface area contributed by atoms with E-state index >= 15 is 0 Å². The Morgan fingerprint density at radius 3 is 2.71 bits per heavy atom. The van der Waals surface area contributed by atoms with Crippen LogP contribution in [0, 0.1) is 0 Å². The van der Waals surface area contributed by atoms with Crippen molar-refractivity contribution in [1.82, 2.24) is 9.88 Å². The summed E-state index contributed by atoms with van der Waals surface area (Å²) in [7, 11) is 0. The molecule has 0 saturated carbocycles. The Bertz CT molecular complexity index is 585. The molecular formula is C17H18N2OS. The van der Waals surface area contributed by atoms with Crippen molar-refractivity contribution in [3.05, 3.63) is 54.2 Å². The van der Waals surface area contributed by atoms with Crippen LogP contribution in [0.2, 0.25) is 0 Å². The summed E-state index contributed by atoms with van der Waals surface area (Å²) in [5.74, 6) is 0. The molecule has 1 unspecified atom stereocenters. The van der Waals surface area contributed by atoms with Gasteiger partial charge < -0.3 is 4.90 Å². The lowest BCUT2D eigenvalue weighted by atomic mass is 9.97. The number of nitrogens with zero attached hydrogens (tertiary/aromatic N) is 2. The molecule has 1 saturated heterocycles. The Morgan fingerprint density at radius 2 is 2.00 bits per heavy atom. The maximum absolute atomic E-state index is 11.2. The minimum absolute atomic E-state index is 0.194. The van der Waals surface area contributed by atoms with Crippen LogP contribution in [0.25, 0.3) is 0 Å². The van der Waals surface area contributed by atoms with Crippen LogP contribution in [0.5, 0.6) is 0 Å². The van der Waals surface area contributed by atoms with Gasteiger partial charge in [-0.2, -0.15) is 0 Å². The average Bonchev–Trinajstić information content (AvgIpc) is 2.56. The highest BCUT2D eigenvalue weighted by Crippen LogP contribution is 2.31. The minimum atomic E-state index is 0.194. The molecule has 0 bridgehead atoms. The summed E-state index contributed by atoms with van der Waals surface area (Å²) < 4.78 is 0. The summed E-state index contributed by atoms with van der Waals surface area (Å²) >= 11 is 1.66. The zero-order valence-electron chi connectivity index (χ0n) is 11.8. The number of hydrogen-bond acceptors (Lipinski definition) is 3. The molecule has 1 atom stereocenters. The zero-order valence-corrected chi connectivity index (χ0v) is 12.6. The highest BCUT2D eigenvalue weighted by atomic mass is 32.2. The van der Waals surface area contributed by atoms with Gasteiger partial charge in [-0.05, 0) is 43.0 Å². The normalized spacial score (nSPS) is 18.5. The monoisotopic (exact) mass is 298 g/mol. The largest absolute Gasteiger partial charge is 0.338 e. The third-order valence-electron chi connectivity index (χ3n) is 3.79. The van der Waals surface area contributed by atoms with E-state index in [9.17, 15) is 4.79 Å². The number of amides is 1. The van der Waals surface area contributed by atoms with Crippen molar-refractivity contribution in [3.63, 3.8) is 0 Å². The number of hydrogen-bond donors (Lipinski definition) is 0. The lowest BCUT2D eigenvalue weighted by molar-refractivity contribution is -0.121. The van der Waals surface area contributed by atoms with Crippen molar-refractivity contribution >= 4 is 18.2 Å². The first-order valence-corrected chi connectivity index (χ1v) is 8.08. The van der Waals surface area contributed by atoms with Crippen LogP contribution in [-0.2, 0) is 4.79 Å². The van der Waals surface area contributed by atoms with Crippen LogP contribution in [0.1, 0.15) is 30.9 Å². The number of likely N-dealkylation sites (tertiary alicyclic amines) is 1. The maximum atomic E-state index is 11.2. The van der Waals surface area contributed by atoms with Gasteiger partial charge in [0.1, 0.15) is 5.03 Å². The predicted molar refractivity (Wildman–Crippen MR) is 84.2 cm³/mol. The quantitative estimate of drug-likeness (QED) is 0.802. The lowest BCUT2D eigenvalue weighted by Gasteiger charge is -2.32. The Hall–Kier alpha value is -1.81. The molecule has 1 aromatic carbocycles. The second kappa shape index (κ2) is 6.76. The van der Waals surface area contributed by atoms with E-state index in [0.717, 1.165) is 36.4 Å². The van der Waals surface area contributed by atoms with Gasteiger partial charge in [-0.1, -0.05) is 36.0 Å². The van der Waals surface area contributed by atoms with Crippen LogP contribution < -0.4 is 0 Å². The molecule has 21 heavy (non-hydrogen) atoms. The van der Waals surface area contributed by atoms with Crippen molar-refractivity contribution < 1.29 is 4.79 Å². The Morgan fingerprint density at radius 1 is 1.14 bits per heavy atom. The summed E-state index contributed by atoms with van der Waals surface area (Å²) in [5, 5.41) is 0.985. The first-order valence-electron chi connectivity index (χ1n) is 7.27. The fourth-order valence-corrected chi connectivity index (χ4v) is 3.47. The van der Waals surface area contributed by atoms with Crippen LogP contribution >= 0.6 is 11.8 Å². The van der Waals surface area contributed by atoms with E-state index < -0.39 is 0 Å². The van der Waals surface area contributed by atoms with Crippen LogP contribution in [0.15, 0.2) is 58.6 Å². The van der Waals surface area contributed by atoms with Crippen LogP contribution in [0.3, 0.4) is 0 Å². The number of benzene rings is 1. The molecule has 108 valence electrons. The molecule has 0 spiro atoms. The summed E-state index contributed by atoms with van der Waals surface area (Å²) in [6, 6.07) is 14.6. The lowest BCUT2D eigenvalue weighted by Crippen LogP contribution is -2.32. The minimum Gasteiger partial charge on any atom is -0.338 e. The molecule has 1 aliphatic rings. The second-order valence-electron chi connectivity index (χ2n) is 5.20. The molecule has 0 aliphatic carbocycles. The molecule has 3 nitrogen and oxygen atoms in total. The van der Waals surface area contributed by atoms with Gasteiger partial charge in [0.25, 0.3) is 0 Å². The van der Waals surface area contributed by atoms with Gasteiger partial charge in [-0.15, -0.1) is 0 Å². The molecule has 1 amide bonds. The summed E-state index contributed by atoms with van der Waals surface area (Å²) in [5.41, 5.74) is 1.14. The standard InChI is InChI=1S/C17H18N2OS/c20-13-19-11-5-4-8-16(19)14-9-10-17(18-12-14)21-15-6-2-1-3-7-15/h1-3,6-7,9-10,12-13,16H,4-5,8,11H2. The molecule has 1 fully saturated rings. The fourth-order valence-electron chi connectivity index (χ4n) is 2.70. The second-order valence-corrected chi connectivity index (χ2v) is 6.29. The van der Waals surface area contributed by atoms with Crippen molar-refractivity contribution in [3.8, 4) is 0 Å². The van der Waals surface area contributed by atoms with Gasteiger partial charge in [-0.25, -0.2) is 4.98 Å². The number of pyridine rings is 1. The highest BCUT2D eigenvalue weighted by molar-refractivity contribution is 7.99. The topological polar surface area (TPSA) is 33.2 Å². The van der Waals surface area contributed by atoms with Gasteiger partial charge >= 0.3 is 0 Å². The highest BCUT2D eigenvalue weighted by Gasteiger charge is 2.22. The molecule has 2 aromatic rings. The summed E-state index contributed by atoms with van der Waals surface area (Å²) in [6.07, 6.45) is 6.19. The van der Waals surface area contributed by atoms with Gasteiger partial charge in [0.2, 0.25) is 6.41 Å². The van der Waals surface area contributed by atoms with E-state index in [1.807, 2.05) is 35.4 Å². The Balaban J connectivity index is 1.73. The molecule has 0 N–H and O–H groups in total. The number of rotatable bonds is 4. The molecule has 2 heterocycles. The number of carbonyl (C=O) groups is 1. The zero-order chi connectivity index (χ0) is 14.5. The molecule has 4 heteroatoms. The number of piperidine rings is 1. The fraction of sp³-hybridized carbons (Fsp3) is 0.294. The third kappa shape index (κ3) is 3.45.